The largest absolute Gasteiger partial charge is 0.370 e. The van der Waals surface area contributed by atoms with Crippen molar-refractivity contribution in [2.75, 3.05) is 26.7 Å². The fourth-order valence-electron chi connectivity index (χ4n) is 3.28. The Morgan fingerprint density at radius 2 is 2.14 bits per heavy atom. The van der Waals surface area contributed by atoms with Crippen molar-refractivity contribution in [1.82, 2.24) is 10.2 Å². The Hall–Kier alpha value is -0.420. The van der Waals surface area contributed by atoms with Crippen molar-refractivity contribution in [1.29, 1.82) is 0 Å². The molecule has 118 valence electrons. The second-order valence-electron chi connectivity index (χ2n) is 6.57. The van der Waals surface area contributed by atoms with Crippen LogP contribution in [-0.4, -0.2) is 43.3 Å². The predicted octanol–water partition coefficient (Wildman–Crippen LogP) is 3.60. The molecule has 4 heteroatoms. The molecule has 1 aromatic carbocycles. The first kappa shape index (κ1) is 16.9. The van der Waals surface area contributed by atoms with Crippen molar-refractivity contribution in [3.8, 4) is 0 Å². The van der Waals surface area contributed by atoms with Crippen LogP contribution in [0.4, 0.5) is 0 Å². The molecule has 1 fully saturated rings. The van der Waals surface area contributed by atoms with Crippen LogP contribution in [0, 0.1) is 0 Å². The molecule has 0 amide bonds. The van der Waals surface area contributed by atoms with Crippen LogP contribution in [0.25, 0.3) is 0 Å². The van der Waals surface area contributed by atoms with Crippen LogP contribution < -0.4 is 5.32 Å². The van der Waals surface area contributed by atoms with E-state index in [0.29, 0.717) is 12.1 Å². The molecule has 1 heterocycles. The van der Waals surface area contributed by atoms with Gasteiger partial charge in [0.25, 0.3) is 0 Å². The topological polar surface area (TPSA) is 24.5 Å². The Labute approximate surface area is 137 Å². The number of hydrogen-bond donors (Lipinski definition) is 1. The van der Waals surface area contributed by atoms with Crippen LogP contribution in [0.15, 0.2) is 28.7 Å². The van der Waals surface area contributed by atoms with Gasteiger partial charge in [0.2, 0.25) is 0 Å². The maximum absolute atomic E-state index is 5.98. The molecule has 2 unspecified atom stereocenters. The molecule has 0 aliphatic carbocycles. The van der Waals surface area contributed by atoms with Crippen LogP contribution >= 0.6 is 15.9 Å². The van der Waals surface area contributed by atoms with Crippen molar-refractivity contribution in [2.45, 2.75) is 44.9 Å². The maximum Gasteiger partial charge on any atom is 0.0757 e. The normalized spacial score (nSPS) is 24.0. The summed E-state index contributed by atoms with van der Waals surface area (Å²) in [5.41, 5.74) is 1.29. The number of ether oxygens (including phenoxy) is 1. The Kier molecular flexibility index (Phi) is 5.83. The zero-order valence-corrected chi connectivity index (χ0v) is 15.1. The van der Waals surface area contributed by atoms with E-state index in [-0.39, 0.29) is 5.60 Å². The SMILES string of the molecule is CNC(CCN1CC(C)OC(C)(C)C1)c1ccccc1Br. The average Bonchev–Trinajstić information content (AvgIpc) is 2.39. The number of benzene rings is 1. The van der Waals surface area contributed by atoms with Gasteiger partial charge in [0.1, 0.15) is 0 Å². The zero-order chi connectivity index (χ0) is 15.5. The molecule has 21 heavy (non-hydrogen) atoms. The van der Waals surface area contributed by atoms with Crippen LogP contribution in [0.3, 0.4) is 0 Å². The highest BCUT2D eigenvalue weighted by Gasteiger charge is 2.31. The van der Waals surface area contributed by atoms with E-state index in [0.717, 1.165) is 26.1 Å². The summed E-state index contributed by atoms with van der Waals surface area (Å²) < 4.78 is 7.16. The van der Waals surface area contributed by atoms with E-state index in [1.54, 1.807) is 0 Å². The summed E-state index contributed by atoms with van der Waals surface area (Å²) in [6.07, 6.45) is 1.41. The minimum Gasteiger partial charge on any atom is -0.370 e. The lowest BCUT2D eigenvalue weighted by Crippen LogP contribution is -2.52. The van der Waals surface area contributed by atoms with E-state index in [4.69, 9.17) is 4.74 Å². The molecule has 0 spiro atoms. The lowest BCUT2D eigenvalue weighted by atomic mass is 10.0. The molecule has 0 radical (unpaired) electrons. The van der Waals surface area contributed by atoms with Crippen molar-refractivity contribution in [3.05, 3.63) is 34.3 Å². The fraction of sp³-hybridized carbons (Fsp3) is 0.647. The van der Waals surface area contributed by atoms with Crippen molar-refractivity contribution >= 4 is 15.9 Å². The van der Waals surface area contributed by atoms with Crippen LogP contribution in [0.2, 0.25) is 0 Å². The quantitative estimate of drug-likeness (QED) is 0.874. The summed E-state index contributed by atoms with van der Waals surface area (Å²) in [7, 11) is 2.04. The van der Waals surface area contributed by atoms with Gasteiger partial charge in [-0.1, -0.05) is 34.1 Å². The highest BCUT2D eigenvalue weighted by atomic mass is 79.9. The lowest BCUT2D eigenvalue weighted by Gasteiger charge is -2.42. The van der Waals surface area contributed by atoms with Gasteiger partial charge in [-0.15, -0.1) is 0 Å². The molecular formula is C17H27BrN2O. The van der Waals surface area contributed by atoms with E-state index < -0.39 is 0 Å². The van der Waals surface area contributed by atoms with Crippen LogP contribution in [-0.2, 0) is 4.74 Å². The van der Waals surface area contributed by atoms with Crippen molar-refractivity contribution in [2.24, 2.45) is 0 Å². The van der Waals surface area contributed by atoms with Gasteiger partial charge in [0, 0.05) is 30.1 Å². The molecule has 1 aliphatic heterocycles. The number of rotatable bonds is 5. The summed E-state index contributed by atoms with van der Waals surface area (Å²) in [6.45, 7) is 9.64. The van der Waals surface area contributed by atoms with E-state index >= 15 is 0 Å². The first-order valence-corrected chi connectivity index (χ1v) is 8.52. The molecule has 0 saturated carbocycles. The molecule has 1 N–H and O–H groups in total. The lowest BCUT2D eigenvalue weighted by molar-refractivity contribution is -0.129. The Morgan fingerprint density at radius 3 is 2.76 bits per heavy atom. The molecule has 1 aliphatic rings. The smallest absolute Gasteiger partial charge is 0.0757 e. The molecule has 1 aromatic rings. The van der Waals surface area contributed by atoms with Gasteiger partial charge < -0.3 is 10.1 Å². The summed E-state index contributed by atoms with van der Waals surface area (Å²) >= 11 is 3.66. The second kappa shape index (κ2) is 7.23. The zero-order valence-electron chi connectivity index (χ0n) is 13.5. The van der Waals surface area contributed by atoms with Crippen LogP contribution in [0.1, 0.15) is 38.8 Å². The molecule has 2 atom stereocenters. The molecule has 0 bridgehead atoms. The Morgan fingerprint density at radius 1 is 1.43 bits per heavy atom. The van der Waals surface area contributed by atoms with Gasteiger partial charge in [0.05, 0.1) is 11.7 Å². The third-order valence-corrected chi connectivity index (χ3v) is 4.73. The van der Waals surface area contributed by atoms with Gasteiger partial charge in [-0.25, -0.2) is 0 Å². The van der Waals surface area contributed by atoms with Gasteiger partial charge in [-0.05, 0) is 45.9 Å². The van der Waals surface area contributed by atoms with Crippen molar-refractivity contribution in [3.63, 3.8) is 0 Å². The van der Waals surface area contributed by atoms with Gasteiger partial charge in [0.15, 0.2) is 0 Å². The predicted molar refractivity (Wildman–Crippen MR) is 91.6 cm³/mol. The third-order valence-electron chi connectivity index (χ3n) is 4.00. The molecule has 2 rings (SSSR count). The van der Waals surface area contributed by atoms with Gasteiger partial charge in [-0.3, -0.25) is 4.90 Å². The Bertz CT molecular complexity index is 464. The number of nitrogens with one attached hydrogen (secondary N) is 1. The minimum absolute atomic E-state index is 0.0415. The van der Waals surface area contributed by atoms with E-state index in [1.165, 1.54) is 10.0 Å². The minimum atomic E-state index is -0.0415. The van der Waals surface area contributed by atoms with E-state index in [1.807, 2.05) is 7.05 Å². The number of morpholine rings is 1. The number of hydrogen-bond acceptors (Lipinski definition) is 3. The van der Waals surface area contributed by atoms with E-state index in [2.05, 4.69) is 71.2 Å². The maximum atomic E-state index is 5.98. The standard InChI is InChI=1S/C17H27BrN2O/c1-13-11-20(12-17(2,3)21-13)10-9-16(19-4)14-7-5-6-8-15(14)18/h5-8,13,16,19H,9-12H2,1-4H3. The fourth-order valence-corrected chi connectivity index (χ4v) is 3.84. The number of nitrogens with zero attached hydrogens (tertiary/aromatic N) is 1. The highest BCUT2D eigenvalue weighted by Crippen LogP contribution is 2.27. The van der Waals surface area contributed by atoms with E-state index in [9.17, 15) is 0 Å². The molecule has 1 saturated heterocycles. The third kappa shape index (κ3) is 4.78. The molecule has 0 aromatic heterocycles. The van der Waals surface area contributed by atoms with Gasteiger partial charge >= 0.3 is 0 Å². The molecular weight excluding hydrogens is 328 g/mol. The van der Waals surface area contributed by atoms with Crippen molar-refractivity contribution < 1.29 is 4.74 Å². The first-order chi connectivity index (χ1) is 9.91. The summed E-state index contributed by atoms with van der Waals surface area (Å²) in [5.74, 6) is 0. The summed E-state index contributed by atoms with van der Waals surface area (Å²) in [5, 5.41) is 3.44. The monoisotopic (exact) mass is 354 g/mol. The average molecular weight is 355 g/mol. The first-order valence-electron chi connectivity index (χ1n) is 7.73. The number of halogens is 1. The Balaban J connectivity index is 1.96. The van der Waals surface area contributed by atoms with Crippen LogP contribution in [0.5, 0.6) is 0 Å². The highest BCUT2D eigenvalue weighted by molar-refractivity contribution is 9.10. The molecule has 3 nitrogen and oxygen atoms in total. The summed E-state index contributed by atoms with van der Waals surface area (Å²) in [4.78, 5) is 2.52. The second-order valence-corrected chi connectivity index (χ2v) is 7.43. The van der Waals surface area contributed by atoms with Gasteiger partial charge in [-0.2, -0.15) is 0 Å². The summed E-state index contributed by atoms with van der Waals surface area (Å²) in [6, 6.07) is 8.84.